The molecule has 0 aliphatic carbocycles. The zero-order chi connectivity index (χ0) is 14.4. The van der Waals surface area contributed by atoms with E-state index < -0.39 is 0 Å². The topological polar surface area (TPSA) is 30.2 Å². The number of aryl methyl sites for hydroxylation is 1. The summed E-state index contributed by atoms with van der Waals surface area (Å²) in [6, 6.07) is 11.4. The van der Waals surface area contributed by atoms with Gasteiger partial charge in [0.15, 0.2) is 5.76 Å². The van der Waals surface area contributed by atoms with E-state index in [9.17, 15) is 4.79 Å². The lowest BCUT2D eigenvalue weighted by Gasteiger charge is -2.04. The largest absolute Gasteiger partial charge is 0.421 e. The van der Waals surface area contributed by atoms with Crippen LogP contribution in [0.15, 0.2) is 45.6 Å². The highest BCUT2D eigenvalue weighted by atomic mass is 16.4. The van der Waals surface area contributed by atoms with Crippen molar-refractivity contribution in [3.63, 3.8) is 0 Å². The van der Waals surface area contributed by atoms with Crippen molar-refractivity contribution in [3.05, 3.63) is 57.9 Å². The average molecular weight is 266 g/mol. The zero-order valence-corrected chi connectivity index (χ0v) is 11.9. The van der Waals surface area contributed by atoms with E-state index in [2.05, 4.69) is 18.8 Å². The maximum atomic E-state index is 11.7. The maximum absolute atomic E-state index is 11.7. The quantitative estimate of drug-likeness (QED) is 0.617. The Morgan fingerprint density at radius 3 is 2.65 bits per heavy atom. The Hall–Kier alpha value is -2.27. The first-order chi connectivity index (χ1) is 9.72. The molecule has 1 heterocycles. The summed E-state index contributed by atoms with van der Waals surface area (Å²) in [7, 11) is 0. The Kier molecular flexibility index (Phi) is 4.79. The van der Waals surface area contributed by atoms with Crippen LogP contribution in [0.5, 0.6) is 0 Å². The standard InChI is InChI=1S/C18H18O2/c1-3-4-5-7-12-16-13-14(2)18(19)20-17(16)15-10-8-6-9-11-15/h6,8-11,13H,3-5H2,1-2H3. The van der Waals surface area contributed by atoms with Crippen LogP contribution in [0.4, 0.5) is 0 Å². The second kappa shape index (κ2) is 6.77. The molecule has 2 rings (SSSR count). The molecule has 0 bridgehead atoms. The smallest absolute Gasteiger partial charge is 0.339 e. The molecule has 0 N–H and O–H groups in total. The SMILES string of the molecule is CCCCC#Cc1cc(C)c(=O)oc1-c1ccccc1. The van der Waals surface area contributed by atoms with Crippen LogP contribution in [0.3, 0.4) is 0 Å². The van der Waals surface area contributed by atoms with E-state index in [1.54, 1.807) is 6.92 Å². The molecule has 0 saturated heterocycles. The van der Waals surface area contributed by atoms with Crippen LogP contribution < -0.4 is 5.63 Å². The van der Waals surface area contributed by atoms with Crippen molar-refractivity contribution in [2.24, 2.45) is 0 Å². The Labute approximate surface area is 119 Å². The predicted octanol–water partition coefficient (Wildman–Crippen LogP) is 4.16. The van der Waals surface area contributed by atoms with E-state index in [1.807, 2.05) is 36.4 Å². The van der Waals surface area contributed by atoms with Crippen LogP contribution in [0, 0.1) is 18.8 Å². The zero-order valence-electron chi connectivity index (χ0n) is 11.9. The summed E-state index contributed by atoms with van der Waals surface area (Å²) in [5, 5.41) is 0. The molecule has 2 heteroatoms. The van der Waals surface area contributed by atoms with Crippen molar-refractivity contribution < 1.29 is 4.42 Å². The van der Waals surface area contributed by atoms with Gasteiger partial charge in [-0.1, -0.05) is 55.5 Å². The molecule has 1 aromatic carbocycles. The van der Waals surface area contributed by atoms with Crippen LogP contribution in [0.2, 0.25) is 0 Å². The Morgan fingerprint density at radius 2 is 1.95 bits per heavy atom. The lowest BCUT2D eigenvalue weighted by Crippen LogP contribution is -2.05. The molecule has 2 nitrogen and oxygen atoms in total. The van der Waals surface area contributed by atoms with Gasteiger partial charge in [0.05, 0.1) is 5.56 Å². The van der Waals surface area contributed by atoms with Gasteiger partial charge in [0.1, 0.15) is 0 Å². The number of hydrogen-bond acceptors (Lipinski definition) is 2. The molecule has 20 heavy (non-hydrogen) atoms. The van der Waals surface area contributed by atoms with Gasteiger partial charge in [-0.05, 0) is 19.4 Å². The van der Waals surface area contributed by atoms with E-state index in [1.165, 1.54) is 0 Å². The first-order valence-electron chi connectivity index (χ1n) is 6.91. The molecule has 0 radical (unpaired) electrons. The van der Waals surface area contributed by atoms with Gasteiger partial charge in [0.2, 0.25) is 0 Å². The molecule has 2 aromatic rings. The number of unbranched alkanes of at least 4 members (excludes halogenated alkanes) is 2. The van der Waals surface area contributed by atoms with Gasteiger partial charge in [-0.3, -0.25) is 0 Å². The van der Waals surface area contributed by atoms with Crippen LogP contribution in [0.25, 0.3) is 11.3 Å². The molecule has 0 fully saturated rings. The normalized spacial score (nSPS) is 9.90. The minimum Gasteiger partial charge on any atom is -0.421 e. The summed E-state index contributed by atoms with van der Waals surface area (Å²) in [5.41, 5.74) is 1.95. The van der Waals surface area contributed by atoms with Crippen molar-refractivity contribution in [1.29, 1.82) is 0 Å². The first kappa shape index (κ1) is 14.1. The Bertz CT molecular complexity index is 685. The van der Waals surface area contributed by atoms with Crippen molar-refractivity contribution in [3.8, 4) is 23.2 Å². The summed E-state index contributed by atoms with van der Waals surface area (Å²) in [6.45, 7) is 3.89. The third-order valence-corrected chi connectivity index (χ3v) is 3.04. The maximum Gasteiger partial charge on any atom is 0.339 e. The average Bonchev–Trinajstić information content (AvgIpc) is 2.48. The van der Waals surface area contributed by atoms with Crippen molar-refractivity contribution in [1.82, 2.24) is 0 Å². The molecule has 0 unspecified atom stereocenters. The molecule has 0 amide bonds. The minimum atomic E-state index is -0.303. The molecule has 0 spiro atoms. The van der Waals surface area contributed by atoms with E-state index in [4.69, 9.17) is 4.42 Å². The summed E-state index contributed by atoms with van der Waals surface area (Å²) in [4.78, 5) is 11.7. The second-order valence-corrected chi connectivity index (χ2v) is 4.73. The summed E-state index contributed by atoms with van der Waals surface area (Å²) < 4.78 is 5.42. The highest BCUT2D eigenvalue weighted by Gasteiger charge is 2.09. The molecule has 0 saturated carbocycles. The lowest BCUT2D eigenvalue weighted by molar-refractivity contribution is 0.519. The van der Waals surface area contributed by atoms with Crippen LogP contribution in [0.1, 0.15) is 37.3 Å². The summed E-state index contributed by atoms with van der Waals surface area (Å²) >= 11 is 0. The highest BCUT2D eigenvalue weighted by molar-refractivity contribution is 5.65. The first-order valence-corrected chi connectivity index (χ1v) is 6.91. The van der Waals surface area contributed by atoms with Gasteiger partial charge in [0, 0.05) is 17.5 Å². The summed E-state index contributed by atoms with van der Waals surface area (Å²) in [6.07, 6.45) is 3.08. The van der Waals surface area contributed by atoms with E-state index in [0.29, 0.717) is 11.3 Å². The molecule has 1 aromatic heterocycles. The predicted molar refractivity (Wildman–Crippen MR) is 81.6 cm³/mol. The second-order valence-electron chi connectivity index (χ2n) is 4.73. The number of benzene rings is 1. The number of hydrogen-bond donors (Lipinski definition) is 0. The van der Waals surface area contributed by atoms with E-state index in [0.717, 1.165) is 30.4 Å². The monoisotopic (exact) mass is 266 g/mol. The summed E-state index contributed by atoms with van der Waals surface area (Å²) in [5.74, 6) is 6.84. The van der Waals surface area contributed by atoms with Crippen molar-refractivity contribution >= 4 is 0 Å². The fourth-order valence-electron chi connectivity index (χ4n) is 1.89. The van der Waals surface area contributed by atoms with Crippen LogP contribution >= 0.6 is 0 Å². The van der Waals surface area contributed by atoms with Gasteiger partial charge in [0.25, 0.3) is 0 Å². The minimum absolute atomic E-state index is 0.303. The van der Waals surface area contributed by atoms with Crippen molar-refractivity contribution in [2.45, 2.75) is 33.1 Å². The Balaban J connectivity index is 2.46. The lowest BCUT2D eigenvalue weighted by atomic mass is 10.1. The van der Waals surface area contributed by atoms with Gasteiger partial charge < -0.3 is 4.42 Å². The number of rotatable bonds is 3. The fourth-order valence-corrected chi connectivity index (χ4v) is 1.89. The molecular weight excluding hydrogens is 248 g/mol. The van der Waals surface area contributed by atoms with Gasteiger partial charge >= 0.3 is 5.63 Å². The van der Waals surface area contributed by atoms with Gasteiger partial charge in [-0.25, -0.2) is 4.79 Å². The molecule has 0 aliphatic rings. The molecule has 0 aliphatic heterocycles. The molecule has 0 atom stereocenters. The van der Waals surface area contributed by atoms with Crippen molar-refractivity contribution in [2.75, 3.05) is 0 Å². The molecule has 102 valence electrons. The third-order valence-electron chi connectivity index (χ3n) is 3.04. The fraction of sp³-hybridized carbons (Fsp3) is 0.278. The van der Waals surface area contributed by atoms with E-state index in [-0.39, 0.29) is 5.63 Å². The van der Waals surface area contributed by atoms with Gasteiger partial charge in [-0.15, -0.1) is 0 Å². The van der Waals surface area contributed by atoms with Gasteiger partial charge in [-0.2, -0.15) is 0 Å². The van der Waals surface area contributed by atoms with E-state index >= 15 is 0 Å². The third kappa shape index (κ3) is 3.39. The molecular formula is C18H18O2. The Morgan fingerprint density at radius 1 is 1.20 bits per heavy atom. The van der Waals surface area contributed by atoms with Crippen LogP contribution in [-0.2, 0) is 0 Å². The highest BCUT2D eigenvalue weighted by Crippen LogP contribution is 2.22. The van der Waals surface area contributed by atoms with Crippen LogP contribution in [-0.4, -0.2) is 0 Å².